The van der Waals surface area contributed by atoms with Crippen LogP contribution in [-0.2, 0) is 11.8 Å². The summed E-state index contributed by atoms with van der Waals surface area (Å²) in [5, 5.41) is 15.0. The Hall–Kier alpha value is -2.59. The minimum absolute atomic E-state index is 0.0839. The molecule has 0 aliphatic carbocycles. The van der Waals surface area contributed by atoms with Crippen molar-refractivity contribution in [1.82, 2.24) is 20.2 Å². The van der Waals surface area contributed by atoms with E-state index >= 15 is 0 Å². The minimum Gasteiger partial charge on any atom is -0.497 e. The van der Waals surface area contributed by atoms with Crippen LogP contribution < -0.4 is 14.8 Å². The first kappa shape index (κ1) is 21.1. The second kappa shape index (κ2) is 10.3. The third-order valence-corrected chi connectivity index (χ3v) is 5.47. The molecule has 3 rings (SSSR count). The summed E-state index contributed by atoms with van der Waals surface area (Å²) in [6.07, 6.45) is 0.944. The van der Waals surface area contributed by atoms with Crippen molar-refractivity contribution < 1.29 is 14.3 Å². The van der Waals surface area contributed by atoms with Gasteiger partial charge in [-0.25, -0.2) is 4.68 Å². The highest BCUT2D eigenvalue weighted by atomic mass is 79.9. The van der Waals surface area contributed by atoms with Gasteiger partial charge in [0.05, 0.1) is 19.4 Å². The second-order valence-corrected chi connectivity index (χ2v) is 7.93. The molecule has 0 fully saturated rings. The van der Waals surface area contributed by atoms with Gasteiger partial charge in [-0.15, -0.1) is 5.10 Å². The van der Waals surface area contributed by atoms with Crippen LogP contribution in [0.15, 0.2) is 57.0 Å². The summed E-state index contributed by atoms with van der Waals surface area (Å²) in [4.78, 5) is 13.2. The van der Waals surface area contributed by atoms with Gasteiger partial charge in [-0.2, -0.15) is 0 Å². The molecule has 152 valence electrons. The molecule has 1 aromatic heterocycles. The van der Waals surface area contributed by atoms with Crippen molar-refractivity contribution in [3.05, 3.63) is 46.9 Å². The van der Waals surface area contributed by atoms with Crippen molar-refractivity contribution >= 4 is 39.3 Å². The molecule has 0 aliphatic rings. The number of amides is 1. The fourth-order valence-electron chi connectivity index (χ4n) is 2.40. The topological polar surface area (TPSA) is 91.2 Å². The Morgan fingerprint density at radius 3 is 2.66 bits per heavy atom. The van der Waals surface area contributed by atoms with Gasteiger partial charge in [0.2, 0.25) is 11.1 Å². The number of nitrogens with one attached hydrogen (secondary N) is 1. The summed E-state index contributed by atoms with van der Waals surface area (Å²) >= 11 is 4.83. The highest BCUT2D eigenvalue weighted by Crippen LogP contribution is 2.34. The number of nitrogens with zero attached hydrogens (tertiary/aromatic N) is 4. The monoisotopic (exact) mass is 477 g/mol. The number of rotatable bonds is 9. The van der Waals surface area contributed by atoms with Gasteiger partial charge < -0.3 is 14.8 Å². The van der Waals surface area contributed by atoms with Gasteiger partial charge in [0.15, 0.2) is 0 Å². The minimum atomic E-state index is -0.0839. The normalized spacial score (nSPS) is 10.6. The molecule has 0 radical (unpaired) electrons. The molecule has 29 heavy (non-hydrogen) atoms. The fraction of sp³-hybridized carbons (Fsp3) is 0.263. The molecule has 3 aromatic rings. The quantitative estimate of drug-likeness (QED) is 0.466. The van der Waals surface area contributed by atoms with Gasteiger partial charge in [0.1, 0.15) is 11.5 Å². The summed E-state index contributed by atoms with van der Waals surface area (Å²) < 4.78 is 13.2. The summed E-state index contributed by atoms with van der Waals surface area (Å²) in [5.41, 5.74) is 0.702. The number of hydrogen-bond acceptors (Lipinski definition) is 7. The van der Waals surface area contributed by atoms with Gasteiger partial charge in [0.25, 0.3) is 0 Å². The molecular formula is C19H20BrN5O3S. The molecule has 0 saturated heterocycles. The van der Waals surface area contributed by atoms with Crippen LogP contribution in [0.1, 0.15) is 12.8 Å². The van der Waals surface area contributed by atoms with Crippen molar-refractivity contribution in [2.45, 2.75) is 22.9 Å². The smallest absolute Gasteiger partial charge is 0.224 e. The average molecular weight is 478 g/mol. The van der Waals surface area contributed by atoms with Gasteiger partial charge >= 0.3 is 0 Å². The number of tetrazole rings is 1. The number of aryl methyl sites for hydroxylation is 1. The lowest BCUT2D eigenvalue weighted by Crippen LogP contribution is -2.13. The van der Waals surface area contributed by atoms with Crippen LogP contribution in [0.5, 0.6) is 11.5 Å². The maximum Gasteiger partial charge on any atom is 0.224 e. The molecular weight excluding hydrogens is 458 g/mol. The molecule has 10 heteroatoms. The molecule has 0 aliphatic heterocycles. The Bertz CT molecular complexity index is 965. The number of ether oxygens (including phenoxy) is 2. The molecule has 0 spiro atoms. The number of benzene rings is 2. The van der Waals surface area contributed by atoms with Crippen LogP contribution in [0.2, 0.25) is 0 Å². The molecule has 0 bridgehead atoms. The third-order valence-electron chi connectivity index (χ3n) is 3.87. The van der Waals surface area contributed by atoms with E-state index in [9.17, 15) is 4.79 Å². The van der Waals surface area contributed by atoms with Crippen molar-refractivity contribution in [1.29, 1.82) is 0 Å². The molecule has 0 saturated carbocycles. The molecule has 1 amide bonds. The number of methoxy groups -OCH3 is 1. The van der Waals surface area contributed by atoms with Gasteiger partial charge in [-0.3, -0.25) is 4.79 Å². The van der Waals surface area contributed by atoms with E-state index in [1.54, 1.807) is 18.8 Å². The van der Waals surface area contributed by atoms with Crippen molar-refractivity contribution in [3.63, 3.8) is 0 Å². The van der Waals surface area contributed by atoms with Gasteiger partial charge in [-0.05, 0) is 71.1 Å². The van der Waals surface area contributed by atoms with Crippen LogP contribution in [0.3, 0.4) is 0 Å². The zero-order chi connectivity index (χ0) is 20.6. The summed E-state index contributed by atoms with van der Waals surface area (Å²) in [5.74, 6) is 1.44. The molecule has 0 atom stereocenters. The predicted molar refractivity (Wildman–Crippen MR) is 113 cm³/mol. The van der Waals surface area contributed by atoms with Gasteiger partial charge in [-0.1, -0.05) is 15.9 Å². The Kier molecular flexibility index (Phi) is 7.48. The Labute approximate surface area is 181 Å². The summed E-state index contributed by atoms with van der Waals surface area (Å²) in [7, 11) is 3.38. The Morgan fingerprint density at radius 2 is 1.97 bits per heavy atom. The first-order chi connectivity index (χ1) is 14.0. The van der Waals surface area contributed by atoms with E-state index in [1.807, 2.05) is 42.5 Å². The Balaban J connectivity index is 1.51. The molecule has 8 nitrogen and oxygen atoms in total. The number of halogens is 1. The first-order valence-corrected chi connectivity index (χ1v) is 10.4. The Morgan fingerprint density at radius 1 is 1.21 bits per heavy atom. The molecule has 0 unspecified atom stereocenters. The highest BCUT2D eigenvalue weighted by Gasteiger charge is 2.12. The lowest BCUT2D eigenvalue weighted by Gasteiger charge is -2.11. The van der Waals surface area contributed by atoms with E-state index in [-0.39, 0.29) is 5.91 Å². The number of hydrogen-bond donors (Lipinski definition) is 1. The number of aromatic nitrogens is 4. The van der Waals surface area contributed by atoms with E-state index in [0.29, 0.717) is 30.3 Å². The lowest BCUT2D eigenvalue weighted by atomic mass is 10.2. The number of carbonyl (C=O) groups excluding carboxylic acids is 1. The van der Waals surface area contributed by atoms with Crippen LogP contribution in [-0.4, -0.2) is 39.8 Å². The third kappa shape index (κ3) is 6.20. The first-order valence-electron chi connectivity index (χ1n) is 8.81. The second-order valence-electron chi connectivity index (χ2n) is 6.00. The molecule has 2 aromatic carbocycles. The fourth-order valence-corrected chi connectivity index (χ4v) is 3.56. The number of anilines is 1. The van der Waals surface area contributed by atoms with Crippen molar-refractivity contribution in [2.24, 2.45) is 7.05 Å². The maximum absolute atomic E-state index is 12.4. The van der Waals surface area contributed by atoms with E-state index in [4.69, 9.17) is 9.47 Å². The van der Waals surface area contributed by atoms with Crippen molar-refractivity contribution in [2.75, 3.05) is 19.0 Å². The van der Waals surface area contributed by atoms with Crippen LogP contribution in [0, 0.1) is 0 Å². The zero-order valence-corrected chi connectivity index (χ0v) is 18.4. The summed E-state index contributed by atoms with van der Waals surface area (Å²) in [6.45, 7) is 0.449. The SMILES string of the molecule is COc1ccc(OCCCC(=O)Nc2cc(Br)ccc2Sc2nnnn2C)cc1. The lowest BCUT2D eigenvalue weighted by molar-refractivity contribution is -0.116. The van der Waals surface area contributed by atoms with Crippen LogP contribution >= 0.6 is 27.7 Å². The van der Waals surface area contributed by atoms with E-state index in [0.717, 1.165) is 20.9 Å². The summed E-state index contributed by atoms with van der Waals surface area (Å²) in [6, 6.07) is 13.0. The maximum atomic E-state index is 12.4. The van der Waals surface area contributed by atoms with Crippen LogP contribution in [0.25, 0.3) is 0 Å². The molecule has 1 heterocycles. The predicted octanol–water partition coefficient (Wildman–Crippen LogP) is 3.93. The van der Waals surface area contributed by atoms with Gasteiger partial charge in [0, 0.05) is 22.8 Å². The average Bonchev–Trinajstić information content (AvgIpc) is 3.12. The van der Waals surface area contributed by atoms with E-state index in [1.165, 1.54) is 11.8 Å². The van der Waals surface area contributed by atoms with Crippen LogP contribution in [0.4, 0.5) is 5.69 Å². The van der Waals surface area contributed by atoms with E-state index < -0.39 is 0 Å². The zero-order valence-electron chi connectivity index (χ0n) is 16.0. The number of carbonyl (C=O) groups is 1. The molecule has 1 N–H and O–H groups in total. The van der Waals surface area contributed by atoms with E-state index in [2.05, 4.69) is 36.8 Å². The largest absolute Gasteiger partial charge is 0.497 e. The highest BCUT2D eigenvalue weighted by molar-refractivity contribution is 9.10. The van der Waals surface area contributed by atoms with Crippen molar-refractivity contribution in [3.8, 4) is 11.5 Å². The standard InChI is InChI=1S/C19H20BrN5O3S/c1-25-19(22-23-24-25)29-17-10-5-13(20)12-16(17)21-18(26)4-3-11-28-15-8-6-14(27-2)7-9-15/h5-10,12H,3-4,11H2,1-2H3,(H,21,26).